The van der Waals surface area contributed by atoms with Gasteiger partial charge in [0, 0.05) is 36.8 Å². The van der Waals surface area contributed by atoms with Crippen molar-refractivity contribution in [2.75, 3.05) is 18.1 Å². The predicted octanol–water partition coefficient (Wildman–Crippen LogP) is 5.20. The van der Waals surface area contributed by atoms with Crippen molar-refractivity contribution in [3.63, 3.8) is 0 Å². The highest BCUT2D eigenvalue weighted by atomic mass is 16.5. The number of nitrogens with zero attached hydrogens (tertiary/aromatic N) is 3. The van der Waals surface area contributed by atoms with E-state index in [1.807, 2.05) is 68.8 Å². The Morgan fingerprint density at radius 1 is 0.933 bits per heavy atom. The van der Waals surface area contributed by atoms with Gasteiger partial charge in [0.2, 0.25) is 5.95 Å². The first kappa shape index (κ1) is 18.0. The van der Waals surface area contributed by atoms with Gasteiger partial charge in [0.15, 0.2) is 0 Å². The van der Waals surface area contributed by atoms with E-state index in [0.29, 0.717) is 5.82 Å². The van der Waals surface area contributed by atoms with Gasteiger partial charge >= 0.3 is 0 Å². The summed E-state index contributed by atoms with van der Waals surface area (Å²) in [4.78, 5) is 8.90. The Bertz CT molecular complexity index is 1380. The Labute approximate surface area is 174 Å². The van der Waals surface area contributed by atoms with Crippen LogP contribution < -0.4 is 15.8 Å². The molecule has 0 aliphatic heterocycles. The minimum Gasteiger partial charge on any atom is -0.457 e. The summed E-state index contributed by atoms with van der Waals surface area (Å²) in [5.41, 5.74) is 9.85. The molecule has 0 fully saturated rings. The molecule has 3 aromatic carbocycles. The summed E-state index contributed by atoms with van der Waals surface area (Å²) < 4.78 is 8.34. The van der Waals surface area contributed by atoms with E-state index in [-0.39, 0.29) is 5.95 Å². The molecule has 3 N–H and O–H groups in total. The first-order chi connectivity index (χ1) is 14.7. The van der Waals surface area contributed by atoms with E-state index in [2.05, 4.69) is 38.1 Å². The van der Waals surface area contributed by atoms with E-state index < -0.39 is 0 Å². The van der Waals surface area contributed by atoms with E-state index in [0.717, 1.165) is 44.4 Å². The Kier molecular flexibility index (Phi) is 4.25. The third kappa shape index (κ3) is 2.90. The fraction of sp³-hybridized carbons (Fsp3) is 0.0833. The smallest absolute Gasteiger partial charge is 0.222 e. The number of hydrogen-bond donors (Lipinski definition) is 2. The van der Waals surface area contributed by atoms with Gasteiger partial charge in [-0.15, -0.1) is 0 Å². The van der Waals surface area contributed by atoms with Gasteiger partial charge in [-0.2, -0.15) is 4.98 Å². The van der Waals surface area contributed by atoms with Gasteiger partial charge < -0.3 is 20.4 Å². The molecule has 6 nitrogen and oxygen atoms in total. The van der Waals surface area contributed by atoms with Gasteiger partial charge in [0.25, 0.3) is 0 Å². The predicted molar refractivity (Wildman–Crippen MR) is 122 cm³/mol. The highest BCUT2D eigenvalue weighted by Crippen LogP contribution is 2.41. The fourth-order valence-electron chi connectivity index (χ4n) is 3.92. The van der Waals surface area contributed by atoms with Crippen molar-refractivity contribution in [1.82, 2.24) is 14.5 Å². The Balaban J connectivity index is 1.81. The van der Waals surface area contributed by atoms with Gasteiger partial charge in [-0.1, -0.05) is 36.4 Å². The molecular weight excluding hydrogens is 374 g/mol. The number of nitrogen functional groups attached to an aromatic ring is 1. The quantitative estimate of drug-likeness (QED) is 0.437. The average Bonchev–Trinajstić information content (AvgIpc) is 3.15. The maximum absolute atomic E-state index is 6.23. The molecule has 0 atom stereocenters. The molecular formula is C24H21N5O. The molecule has 0 unspecified atom stereocenters. The van der Waals surface area contributed by atoms with E-state index >= 15 is 0 Å². The highest BCUT2D eigenvalue weighted by Gasteiger charge is 2.18. The van der Waals surface area contributed by atoms with Crippen LogP contribution in [0.5, 0.6) is 11.5 Å². The average molecular weight is 395 g/mol. The number of hydrogen-bond acceptors (Lipinski definition) is 5. The number of anilines is 2. The number of benzene rings is 3. The second kappa shape index (κ2) is 7.08. The zero-order valence-corrected chi connectivity index (χ0v) is 16.8. The van der Waals surface area contributed by atoms with Crippen LogP contribution in [0.25, 0.3) is 32.9 Å². The number of nitrogens with one attached hydrogen (secondary N) is 1. The summed E-state index contributed by atoms with van der Waals surface area (Å²) in [7, 11) is 3.88. The van der Waals surface area contributed by atoms with E-state index in [4.69, 9.17) is 10.5 Å². The van der Waals surface area contributed by atoms with Crippen molar-refractivity contribution < 1.29 is 4.74 Å². The molecule has 0 bridgehead atoms. The summed E-state index contributed by atoms with van der Waals surface area (Å²) in [6.07, 6.45) is 2.05. The van der Waals surface area contributed by atoms with Crippen LogP contribution in [-0.4, -0.2) is 21.6 Å². The summed E-state index contributed by atoms with van der Waals surface area (Å²) in [6.45, 7) is 0. The normalized spacial score (nSPS) is 11.1. The summed E-state index contributed by atoms with van der Waals surface area (Å²) in [5, 5.41) is 5.16. The molecule has 0 saturated heterocycles. The van der Waals surface area contributed by atoms with Crippen LogP contribution >= 0.6 is 0 Å². The minimum absolute atomic E-state index is 0.238. The fourth-order valence-corrected chi connectivity index (χ4v) is 3.92. The van der Waals surface area contributed by atoms with Crippen molar-refractivity contribution in [3.8, 4) is 22.6 Å². The largest absolute Gasteiger partial charge is 0.457 e. The van der Waals surface area contributed by atoms with Crippen molar-refractivity contribution >= 4 is 33.6 Å². The van der Waals surface area contributed by atoms with Gasteiger partial charge in [0.05, 0.1) is 16.4 Å². The van der Waals surface area contributed by atoms with Crippen LogP contribution in [0.2, 0.25) is 0 Å². The van der Waals surface area contributed by atoms with Crippen molar-refractivity contribution in [2.45, 2.75) is 0 Å². The minimum atomic E-state index is 0.238. The number of aromatic nitrogens is 3. The lowest BCUT2D eigenvalue weighted by Crippen LogP contribution is -2.02. The summed E-state index contributed by atoms with van der Waals surface area (Å²) >= 11 is 0. The SMILES string of the molecule is CNc1nc(N)nc2cc(-c3ccccc3Oc3ccccc3)c3c(ccn3C)c12. The maximum Gasteiger partial charge on any atom is 0.222 e. The number of para-hydroxylation sites is 2. The molecule has 148 valence electrons. The molecule has 2 heterocycles. The molecule has 0 radical (unpaired) electrons. The lowest BCUT2D eigenvalue weighted by atomic mass is 9.99. The lowest BCUT2D eigenvalue weighted by Gasteiger charge is -2.15. The first-order valence-corrected chi connectivity index (χ1v) is 9.71. The second-order valence-electron chi connectivity index (χ2n) is 7.10. The van der Waals surface area contributed by atoms with Gasteiger partial charge in [-0.25, -0.2) is 4.98 Å². The highest BCUT2D eigenvalue weighted by molar-refractivity contribution is 6.16. The van der Waals surface area contributed by atoms with Crippen LogP contribution in [0.3, 0.4) is 0 Å². The van der Waals surface area contributed by atoms with E-state index in [9.17, 15) is 0 Å². The third-order valence-electron chi connectivity index (χ3n) is 5.22. The number of rotatable bonds is 4. The Hall–Kier alpha value is -4.06. The van der Waals surface area contributed by atoms with E-state index in [1.54, 1.807) is 0 Å². The summed E-state index contributed by atoms with van der Waals surface area (Å²) in [6, 6.07) is 22.0. The Morgan fingerprint density at radius 3 is 2.50 bits per heavy atom. The number of aryl methyl sites for hydroxylation is 1. The first-order valence-electron chi connectivity index (χ1n) is 9.71. The maximum atomic E-state index is 6.23. The Morgan fingerprint density at radius 2 is 1.70 bits per heavy atom. The number of ether oxygens (including phenoxy) is 1. The molecule has 2 aromatic heterocycles. The van der Waals surface area contributed by atoms with Crippen molar-refractivity contribution in [3.05, 3.63) is 72.9 Å². The second-order valence-corrected chi connectivity index (χ2v) is 7.10. The topological polar surface area (TPSA) is 78.0 Å². The molecule has 0 aliphatic carbocycles. The third-order valence-corrected chi connectivity index (χ3v) is 5.22. The van der Waals surface area contributed by atoms with Crippen LogP contribution in [0, 0.1) is 0 Å². The van der Waals surface area contributed by atoms with Gasteiger partial charge in [0.1, 0.15) is 17.3 Å². The molecule has 0 spiro atoms. The van der Waals surface area contributed by atoms with Crippen LogP contribution in [0.15, 0.2) is 72.9 Å². The van der Waals surface area contributed by atoms with Gasteiger partial charge in [-0.05, 0) is 30.3 Å². The monoisotopic (exact) mass is 395 g/mol. The molecule has 6 heteroatoms. The van der Waals surface area contributed by atoms with Crippen molar-refractivity contribution in [2.24, 2.45) is 7.05 Å². The standard InChI is InChI=1S/C24H21N5O/c1-26-23-21-17-12-13-29(2)22(17)18(14-19(21)27-24(25)28-23)16-10-6-7-11-20(16)30-15-8-4-3-5-9-15/h3-14H,1-2H3,(H3,25,26,27,28). The van der Waals surface area contributed by atoms with E-state index in [1.165, 1.54) is 0 Å². The van der Waals surface area contributed by atoms with Crippen molar-refractivity contribution in [1.29, 1.82) is 0 Å². The zero-order chi connectivity index (χ0) is 20.7. The molecule has 30 heavy (non-hydrogen) atoms. The number of nitrogens with two attached hydrogens (primary N) is 1. The molecule has 5 rings (SSSR count). The van der Waals surface area contributed by atoms with Crippen LogP contribution in [-0.2, 0) is 7.05 Å². The molecule has 5 aromatic rings. The number of fused-ring (bicyclic) bond motifs is 3. The molecule has 0 amide bonds. The molecule has 0 saturated carbocycles. The van der Waals surface area contributed by atoms with Gasteiger partial charge in [-0.3, -0.25) is 0 Å². The lowest BCUT2D eigenvalue weighted by molar-refractivity contribution is 0.484. The molecule has 0 aliphatic rings. The van der Waals surface area contributed by atoms with Crippen LogP contribution in [0.4, 0.5) is 11.8 Å². The summed E-state index contributed by atoms with van der Waals surface area (Å²) in [5.74, 6) is 2.52. The van der Waals surface area contributed by atoms with Crippen LogP contribution in [0.1, 0.15) is 0 Å². The zero-order valence-electron chi connectivity index (χ0n) is 16.8.